The maximum atomic E-state index is 5.49. The van der Waals surface area contributed by atoms with E-state index in [1.165, 1.54) is 44.2 Å². The summed E-state index contributed by atoms with van der Waals surface area (Å²) in [5.41, 5.74) is 1.29. The van der Waals surface area contributed by atoms with Crippen molar-refractivity contribution in [1.29, 1.82) is 0 Å². The molecule has 1 heterocycles. The predicted octanol–water partition coefficient (Wildman–Crippen LogP) is 4.61. The molecule has 106 valence electrons. The highest BCUT2D eigenvalue weighted by molar-refractivity contribution is 9.10. The van der Waals surface area contributed by atoms with Gasteiger partial charge in [-0.25, -0.2) is 0 Å². The second-order valence-electron chi connectivity index (χ2n) is 5.36. The third kappa shape index (κ3) is 3.96. The molecule has 1 aromatic rings. The molecule has 1 saturated heterocycles. The summed E-state index contributed by atoms with van der Waals surface area (Å²) in [6, 6.07) is 7.04. The normalized spacial score (nSPS) is 20.5. The topological polar surface area (TPSA) is 12.5 Å². The average Bonchev–Trinajstić information content (AvgIpc) is 2.42. The van der Waals surface area contributed by atoms with Gasteiger partial charge in [-0.1, -0.05) is 35.7 Å². The zero-order valence-electron chi connectivity index (χ0n) is 12.0. The van der Waals surface area contributed by atoms with Crippen LogP contribution in [0.1, 0.15) is 44.6 Å². The van der Waals surface area contributed by atoms with E-state index in [0.29, 0.717) is 0 Å². The van der Waals surface area contributed by atoms with Crippen LogP contribution in [0.5, 0.6) is 5.75 Å². The number of hydrogen-bond acceptors (Lipinski definition) is 2. The first-order chi connectivity index (χ1) is 9.24. The average molecular weight is 326 g/mol. The van der Waals surface area contributed by atoms with Crippen molar-refractivity contribution in [3.05, 3.63) is 28.2 Å². The minimum atomic E-state index is 0.752. The molecule has 1 atom stereocenters. The van der Waals surface area contributed by atoms with Gasteiger partial charge in [-0.15, -0.1) is 0 Å². The highest BCUT2D eigenvalue weighted by atomic mass is 79.9. The summed E-state index contributed by atoms with van der Waals surface area (Å²) in [4.78, 5) is 2.64. The number of nitrogens with zero attached hydrogens (tertiary/aromatic N) is 1. The SMILES string of the molecule is CCCC1CCCCN1Cc1cc(Br)ccc1OC. The second kappa shape index (κ2) is 7.30. The van der Waals surface area contributed by atoms with E-state index in [4.69, 9.17) is 4.74 Å². The van der Waals surface area contributed by atoms with Crippen molar-refractivity contribution in [1.82, 2.24) is 4.90 Å². The molecule has 1 fully saturated rings. The Hall–Kier alpha value is -0.540. The molecule has 1 unspecified atom stereocenters. The third-order valence-corrected chi connectivity index (χ3v) is 4.48. The van der Waals surface area contributed by atoms with Crippen LogP contribution in [0.3, 0.4) is 0 Å². The lowest BCUT2D eigenvalue weighted by Gasteiger charge is -2.36. The first-order valence-electron chi connectivity index (χ1n) is 7.31. The molecule has 2 nitrogen and oxygen atoms in total. The molecule has 2 rings (SSSR count). The first kappa shape index (κ1) is 14.9. The van der Waals surface area contributed by atoms with Crippen molar-refractivity contribution in [2.75, 3.05) is 13.7 Å². The van der Waals surface area contributed by atoms with Gasteiger partial charge in [-0.05, 0) is 44.0 Å². The Morgan fingerprint density at radius 1 is 1.37 bits per heavy atom. The van der Waals surface area contributed by atoms with E-state index in [9.17, 15) is 0 Å². The summed E-state index contributed by atoms with van der Waals surface area (Å²) >= 11 is 3.56. The Balaban J connectivity index is 2.11. The highest BCUT2D eigenvalue weighted by Gasteiger charge is 2.22. The molecule has 0 radical (unpaired) electrons. The molecule has 0 amide bonds. The molecular weight excluding hydrogens is 302 g/mol. The van der Waals surface area contributed by atoms with Crippen molar-refractivity contribution in [2.24, 2.45) is 0 Å². The quantitative estimate of drug-likeness (QED) is 0.783. The van der Waals surface area contributed by atoms with E-state index in [1.807, 2.05) is 6.07 Å². The van der Waals surface area contributed by atoms with Crippen LogP contribution in [0.4, 0.5) is 0 Å². The minimum Gasteiger partial charge on any atom is -0.496 e. The van der Waals surface area contributed by atoms with Gasteiger partial charge in [-0.3, -0.25) is 4.90 Å². The van der Waals surface area contributed by atoms with E-state index >= 15 is 0 Å². The van der Waals surface area contributed by atoms with Gasteiger partial charge in [0.2, 0.25) is 0 Å². The zero-order valence-corrected chi connectivity index (χ0v) is 13.6. The summed E-state index contributed by atoms with van der Waals surface area (Å²) in [7, 11) is 1.76. The molecular formula is C16H24BrNO. The van der Waals surface area contributed by atoms with Crippen LogP contribution < -0.4 is 4.74 Å². The predicted molar refractivity (Wildman–Crippen MR) is 83.7 cm³/mol. The molecule has 0 spiro atoms. The lowest BCUT2D eigenvalue weighted by Crippen LogP contribution is -2.38. The van der Waals surface area contributed by atoms with Gasteiger partial charge in [0.05, 0.1) is 7.11 Å². The summed E-state index contributed by atoms with van der Waals surface area (Å²) < 4.78 is 6.62. The van der Waals surface area contributed by atoms with E-state index in [0.717, 1.165) is 22.8 Å². The van der Waals surface area contributed by atoms with Crippen LogP contribution >= 0.6 is 15.9 Å². The van der Waals surface area contributed by atoms with Crippen molar-refractivity contribution in [3.8, 4) is 5.75 Å². The summed E-state index contributed by atoms with van der Waals surface area (Å²) in [5, 5.41) is 0. The van der Waals surface area contributed by atoms with Crippen LogP contribution in [0.25, 0.3) is 0 Å². The molecule has 3 heteroatoms. The first-order valence-corrected chi connectivity index (χ1v) is 8.10. The van der Waals surface area contributed by atoms with Crippen LogP contribution in [0, 0.1) is 0 Å². The molecule has 1 aliphatic heterocycles. The zero-order chi connectivity index (χ0) is 13.7. The van der Waals surface area contributed by atoms with Crippen LogP contribution in [0.15, 0.2) is 22.7 Å². The van der Waals surface area contributed by atoms with Crippen LogP contribution in [-0.4, -0.2) is 24.6 Å². The number of halogens is 1. The van der Waals surface area contributed by atoms with Crippen molar-refractivity contribution >= 4 is 15.9 Å². The van der Waals surface area contributed by atoms with Gasteiger partial charge in [0.25, 0.3) is 0 Å². The standard InChI is InChI=1S/C16H24BrNO/c1-3-6-15-7-4-5-10-18(15)12-13-11-14(17)8-9-16(13)19-2/h8-9,11,15H,3-7,10,12H2,1-2H3. The van der Waals surface area contributed by atoms with Gasteiger partial charge in [0, 0.05) is 22.6 Å². The Bertz CT molecular complexity index is 406. The fraction of sp³-hybridized carbons (Fsp3) is 0.625. The minimum absolute atomic E-state index is 0.752. The van der Waals surface area contributed by atoms with Crippen molar-refractivity contribution in [3.63, 3.8) is 0 Å². The summed E-state index contributed by atoms with van der Waals surface area (Å²) in [6.45, 7) is 4.51. The monoisotopic (exact) mass is 325 g/mol. The Morgan fingerprint density at radius 2 is 2.21 bits per heavy atom. The number of benzene rings is 1. The summed E-state index contributed by atoms with van der Waals surface area (Å²) in [6.07, 6.45) is 6.66. The smallest absolute Gasteiger partial charge is 0.123 e. The number of hydrogen-bond donors (Lipinski definition) is 0. The number of methoxy groups -OCH3 is 1. The van der Waals surface area contributed by atoms with Crippen LogP contribution in [-0.2, 0) is 6.54 Å². The Morgan fingerprint density at radius 3 is 2.95 bits per heavy atom. The summed E-state index contributed by atoms with van der Waals surface area (Å²) in [5.74, 6) is 1.00. The number of likely N-dealkylation sites (tertiary alicyclic amines) is 1. The second-order valence-corrected chi connectivity index (χ2v) is 6.28. The van der Waals surface area contributed by atoms with Crippen molar-refractivity contribution < 1.29 is 4.74 Å². The highest BCUT2D eigenvalue weighted by Crippen LogP contribution is 2.28. The maximum absolute atomic E-state index is 5.49. The largest absolute Gasteiger partial charge is 0.496 e. The Labute approximate surface area is 125 Å². The molecule has 0 aliphatic carbocycles. The van der Waals surface area contributed by atoms with E-state index < -0.39 is 0 Å². The number of ether oxygens (including phenoxy) is 1. The van der Waals surface area contributed by atoms with Gasteiger partial charge in [-0.2, -0.15) is 0 Å². The third-order valence-electron chi connectivity index (χ3n) is 3.99. The molecule has 1 aromatic carbocycles. The lowest BCUT2D eigenvalue weighted by atomic mass is 9.97. The molecule has 1 aliphatic rings. The number of rotatable bonds is 5. The lowest BCUT2D eigenvalue weighted by molar-refractivity contribution is 0.130. The molecule has 19 heavy (non-hydrogen) atoms. The van der Waals surface area contributed by atoms with Gasteiger partial charge >= 0.3 is 0 Å². The van der Waals surface area contributed by atoms with Crippen molar-refractivity contribution in [2.45, 2.75) is 51.6 Å². The number of piperidine rings is 1. The van der Waals surface area contributed by atoms with Gasteiger partial charge in [0.1, 0.15) is 5.75 Å². The fourth-order valence-electron chi connectivity index (χ4n) is 3.02. The molecule has 0 bridgehead atoms. The van der Waals surface area contributed by atoms with E-state index in [1.54, 1.807) is 7.11 Å². The fourth-order valence-corrected chi connectivity index (χ4v) is 3.43. The molecule has 0 N–H and O–H groups in total. The molecule has 0 saturated carbocycles. The van der Waals surface area contributed by atoms with Crippen LogP contribution in [0.2, 0.25) is 0 Å². The van der Waals surface area contributed by atoms with E-state index in [-0.39, 0.29) is 0 Å². The maximum Gasteiger partial charge on any atom is 0.123 e. The Kier molecular flexibility index (Phi) is 5.71. The van der Waals surface area contributed by atoms with Gasteiger partial charge in [0.15, 0.2) is 0 Å². The van der Waals surface area contributed by atoms with Gasteiger partial charge < -0.3 is 4.74 Å². The van der Waals surface area contributed by atoms with E-state index in [2.05, 4.69) is 39.9 Å². The molecule has 0 aromatic heterocycles.